The van der Waals surface area contributed by atoms with Gasteiger partial charge in [0.1, 0.15) is 0 Å². The number of hydrogen-bond donors (Lipinski definition) is 1. The SMILES string of the molecule is Cc1noc(=O)n1C/C=C/CCC(C)(C)N. The Kier molecular flexibility index (Phi) is 4.06. The van der Waals surface area contributed by atoms with Gasteiger partial charge < -0.3 is 5.73 Å². The minimum atomic E-state index is -0.415. The summed E-state index contributed by atoms with van der Waals surface area (Å²) < 4.78 is 5.99. The van der Waals surface area contributed by atoms with Gasteiger partial charge in [0.25, 0.3) is 0 Å². The van der Waals surface area contributed by atoms with Gasteiger partial charge in [0.05, 0.1) is 0 Å². The summed E-state index contributed by atoms with van der Waals surface area (Å²) in [5.41, 5.74) is 5.70. The lowest BCUT2D eigenvalue weighted by atomic mass is 10.0. The molecule has 1 rings (SSSR count). The lowest BCUT2D eigenvalue weighted by Gasteiger charge is -2.16. The van der Waals surface area contributed by atoms with E-state index in [1.165, 1.54) is 4.57 Å². The van der Waals surface area contributed by atoms with E-state index in [0.717, 1.165) is 12.8 Å². The van der Waals surface area contributed by atoms with Crippen LogP contribution in [0, 0.1) is 6.92 Å². The highest BCUT2D eigenvalue weighted by atomic mass is 16.5. The van der Waals surface area contributed by atoms with Crippen molar-refractivity contribution < 1.29 is 4.52 Å². The second kappa shape index (κ2) is 5.12. The van der Waals surface area contributed by atoms with E-state index in [1.54, 1.807) is 6.92 Å². The van der Waals surface area contributed by atoms with Crippen LogP contribution in [0.3, 0.4) is 0 Å². The molecule has 1 heterocycles. The molecule has 1 aromatic heterocycles. The van der Waals surface area contributed by atoms with Crippen molar-refractivity contribution in [3.8, 4) is 0 Å². The third-order valence-electron chi connectivity index (χ3n) is 2.28. The van der Waals surface area contributed by atoms with E-state index in [4.69, 9.17) is 5.73 Å². The van der Waals surface area contributed by atoms with Crippen LogP contribution in [0.4, 0.5) is 0 Å². The van der Waals surface area contributed by atoms with Gasteiger partial charge >= 0.3 is 5.76 Å². The summed E-state index contributed by atoms with van der Waals surface area (Å²) in [6.45, 7) is 6.23. The molecule has 0 atom stereocenters. The number of nitrogens with two attached hydrogens (primary N) is 1. The summed E-state index contributed by atoms with van der Waals surface area (Å²) in [6.07, 6.45) is 5.77. The maximum absolute atomic E-state index is 11.1. The first-order chi connectivity index (χ1) is 7.40. The predicted molar refractivity (Wildman–Crippen MR) is 62.1 cm³/mol. The molecule has 16 heavy (non-hydrogen) atoms. The average Bonchev–Trinajstić information content (AvgIpc) is 2.46. The van der Waals surface area contributed by atoms with Crippen molar-refractivity contribution in [2.24, 2.45) is 5.73 Å². The summed E-state index contributed by atoms with van der Waals surface area (Å²) in [5.74, 6) is 0.176. The molecule has 5 heteroatoms. The molecule has 2 N–H and O–H groups in total. The summed E-state index contributed by atoms with van der Waals surface area (Å²) in [5, 5.41) is 3.58. The highest BCUT2D eigenvalue weighted by Crippen LogP contribution is 2.07. The van der Waals surface area contributed by atoms with Crippen molar-refractivity contribution in [3.05, 3.63) is 28.5 Å². The highest BCUT2D eigenvalue weighted by Gasteiger charge is 2.08. The molecule has 0 spiro atoms. The fourth-order valence-corrected chi connectivity index (χ4v) is 1.30. The van der Waals surface area contributed by atoms with E-state index in [2.05, 4.69) is 9.68 Å². The van der Waals surface area contributed by atoms with Crippen molar-refractivity contribution in [3.63, 3.8) is 0 Å². The number of aryl methyl sites for hydroxylation is 1. The monoisotopic (exact) mass is 225 g/mol. The Morgan fingerprint density at radius 3 is 2.69 bits per heavy atom. The molecule has 0 aliphatic heterocycles. The maximum atomic E-state index is 11.1. The van der Waals surface area contributed by atoms with E-state index < -0.39 is 5.76 Å². The fraction of sp³-hybridized carbons (Fsp3) is 0.636. The van der Waals surface area contributed by atoms with Crippen LogP contribution in [-0.2, 0) is 6.54 Å². The molecule has 0 amide bonds. The van der Waals surface area contributed by atoms with Gasteiger partial charge in [-0.05, 0) is 33.6 Å². The molecule has 0 saturated carbocycles. The summed E-state index contributed by atoms with van der Waals surface area (Å²) in [4.78, 5) is 11.1. The Balaban J connectivity index is 2.41. The Bertz CT molecular complexity index is 410. The quantitative estimate of drug-likeness (QED) is 0.764. The smallest absolute Gasteiger partial charge is 0.326 e. The van der Waals surface area contributed by atoms with E-state index in [-0.39, 0.29) is 5.54 Å². The molecule has 0 unspecified atom stereocenters. The second-order valence-corrected chi connectivity index (χ2v) is 4.60. The zero-order valence-electron chi connectivity index (χ0n) is 10.1. The Hall–Kier alpha value is -1.36. The fourth-order valence-electron chi connectivity index (χ4n) is 1.30. The van der Waals surface area contributed by atoms with Crippen molar-refractivity contribution in [2.75, 3.05) is 0 Å². The maximum Gasteiger partial charge on any atom is 0.441 e. The molecule has 1 aromatic rings. The summed E-state index contributed by atoms with van der Waals surface area (Å²) >= 11 is 0. The normalized spacial score (nSPS) is 12.5. The largest absolute Gasteiger partial charge is 0.441 e. The van der Waals surface area contributed by atoms with E-state index in [9.17, 15) is 4.79 Å². The van der Waals surface area contributed by atoms with Gasteiger partial charge in [-0.1, -0.05) is 17.3 Å². The number of aromatic nitrogens is 2. The molecule has 0 bridgehead atoms. The number of nitrogens with zero attached hydrogens (tertiary/aromatic N) is 2. The zero-order valence-corrected chi connectivity index (χ0v) is 10.1. The zero-order chi connectivity index (χ0) is 12.2. The van der Waals surface area contributed by atoms with Gasteiger partial charge in [-0.15, -0.1) is 0 Å². The van der Waals surface area contributed by atoms with Gasteiger partial charge in [-0.25, -0.2) is 4.79 Å². The Morgan fingerprint density at radius 2 is 2.19 bits per heavy atom. The van der Waals surface area contributed by atoms with Gasteiger partial charge in [0.15, 0.2) is 5.82 Å². The van der Waals surface area contributed by atoms with Crippen molar-refractivity contribution in [1.29, 1.82) is 0 Å². The van der Waals surface area contributed by atoms with Crippen LogP contribution in [0.15, 0.2) is 21.5 Å². The Morgan fingerprint density at radius 1 is 1.50 bits per heavy atom. The van der Waals surface area contributed by atoms with Gasteiger partial charge in [-0.3, -0.25) is 9.09 Å². The Labute approximate surface area is 94.9 Å². The van der Waals surface area contributed by atoms with Crippen LogP contribution in [0.1, 0.15) is 32.5 Å². The molecular weight excluding hydrogens is 206 g/mol. The lowest BCUT2D eigenvalue weighted by molar-refractivity contribution is 0.376. The minimum absolute atomic E-state index is 0.145. The molecule has 0 aliphatic carbocycles. The summed E-state index contributed by atoms with van der Waals surface area (Å²) in [7, 11) is 0. The van der Waals surface area contributed by atoms with Gasteiger partial charge in [0.2, 0.25) is 0 Å². The average molecular weight is 225 g/mol. The van der Waals surface area contributed by atoms with Crippen LogP contribution in [0.5, 0.6) is 0 Å². The van der Waals surface area contributed by atoms with Crippen LogP contribution in [0.25, 0.3) is 0 Å². The van der Waals surface area contributed by atoms with Crippen LogP contribution in [0.2, 0.25) is 0 Å². The van der Waals surface area contributed by atoms with E-state index in [0.29, 0.717) is 12.4 Å². The van der Waals surface area contributed by atoms with Gasteiger partial charge in [0, 0.05) is 12.1 Å². The summed E-state index contributed by atoms with van der Waals surface area (Å²) in [6, 6.07) is 0. The molecule has 5 nitrogen and oxygen atoms in total. The van der Waals surface area contributed by atoms with Crippen LogP contribution in [-0.4, -0.2) is 15.3 Å². The molecule has 0 aliphatic rings. The standard InChI is InChI=1S/C11H19N3O2/c1-9-13-16-10(15)14(9)8-6-4-5-7-11(2,3)12/h4,6H,5,7-8,12H2,1-3H3/b6-4+. The molecule has 90 valence electrons. The van der Waals surface area contributed by atoms with E-state index in [1.807, 2.05) is 26.0 Å². The number of allylic oxidation sites excluding steroid dienone is 2. The topological polar surface area (TPSA) is 74.0 Å². The molecular formula is C11H19N3O2. The molecule has 0 radical (unpaired) electrons. The second-order valence-electron chi connectivity index (χ2n) is 4.60. The first-order valence-electron chi connectivity index (χ1n) is 5.37. The van der Waals surface area contributed by atoms with E-state index >= 15 is 0 Å². The number of rotatable bonds is 5. The third kappa shape index (κ3) is 4.02. The molecule has 0 saturated heterocycles. The third-order valence-corrected chi connectivity index (χ3v) is 2.28. The number of hydrogen-bond acceptors (Lipinski definition) is 4. The lowest BCUT2D eigenvalue weighted by Crippen LogP contribution is -2.31. The first kappa shape index (κ1) is 12.7. The first-order valence-corrected chi connectivity index (χ1v) is 5.37. The molecule has 0 fully saturated rings. The van der Waals surface area contributed by atoms with Crippen molar-refractivity contribution in [2.45, 2.75) is 45.7 Å². The minimum Gasteiger partial charge on any atom is -0.326 e. The van der Waals surface area contributed by atoms with Crippen molar-refractivity contribution >= 4 is 0 Å². The van der Waals surface area contributed by atoms with Crippen LogP contribution < -0.4 is 11.5 Å². The van der Waals surface area contributed by atoms with Crippen LogP contribution >= 0.6 is 0 Å². The predicted octanol–water partition coefficient (Wildman–Crippen LogP) is 1.22. The van der Waals surface area contributed by atoms with Crippen molar-refractivity contribution in [1.82, 2.24) is 9.72 Å². The highest BCUT2D eigenvalue weighted by molar-refractivity contribution is 4.89. The van der Waals surface area contributed by atoms with Gasteiger partial charge in [-0.2, -0.15) is 0 Å². The molecule has 0 aromatic carbocycles.